The van der Waals surface area contributed by atoms with Gasteiger partial charge in [0.05, 0.1) is 26.7 Å². The lowest BCUT2D eigenvalue weighted by Crippen LogP contribution is -1.99. The second kappa shape index (κ2) is 7.09. The molecule has 0 N–H and O–H groups in total. The van der Waals surface area contributed by atoms with Crippen LogP contribution in [-0.2, 0) is 0 Å². The van der Waals surface area contributed by atoms with Crippen LogP contribution in [0.1, 0.15) is 15.8 Å². The Balaban J connectivity index is 2.50. The number of alkyl halides is 1. The molecule has 0 radical (unpaired) electrons. The molecule has 0 fully saturated rings. The highest BCUT2D eigenvalue weighted by molar-refractivity contribution is 9.10. The highest BCUT2D eigenvalue weighted by Crippen LogP contribution is 2.45. The van der Waals surface area contributed by atoms with Gasteiger partial charge >= 0.3 is 0 Å². The molecule has 0 spiro atoms. The van der Waals surface area contributed by atoms with Gasteiger partial charge in [-0.15, -0.1) is 22.9 Å². The first-order valence-corrected chi connectivity index (χ1v) is 8.32. The summed E-state index contributed by atoms with van der Waals surface area (Å²) >= 11 is 17.5. The van der Waals surface area contributed by atoms with Crippen LogP contribution < -0.4 is 14.2 Å². The lowest BCUT2D eigenvalue weighted by atomic mass is 10.1. The monoisotopic (exact) mass is 410 g/mol. The molecule has 0 aliphatic carbocycles. The standard InChI is InChI=1S/C14H13BrCl2O3S/c1-18-9-6-11(20-3)10(19-2)4-7(9)13(16)12-5-8(15)14(17)21-12/h4-6,13H,1-3H3. The first kappa shape index (κ1) is 16.7. The van der Waals surface area contributed by atoms with Gasteiger partial charge in [0.1, 0.15) is 10.1 Å². The van der Waals surface area contributed by atoms with Crippen molar-refractivity contribution in [2.45, 2.75) is 5.38 Å². The first-order valence-electron chi connectivity index (χ1n) is 5.90. The normalized spacial score (nSPS) is 12.1. The number of hydrogen-bond acceptors (Lipinski definition) is 4. The van der Waals surface area contributed by atoms with E-state index in [0.717, 1.165) is 14.9 Å². The van der Waals surface area contributed by atoms with E-state index in [1.165, 1.54) is 11.3 Å². The Hall–Kier alpha value is -0.620. The highest BCUT2D eigenvalue weighted by Gasteiger charge is 2.22. The minimum absolute atomic E-state index is 0.395. The van der Waals surface area contributed by atoms with Crippen LogP contribution in [0.5, 0.6) is 17.2 Å². The van der Waals surface area contributed by atoms with Gasteiger partial charge in [-0.05, 0) is 28.1 Å². The summed E-state index contributed by atoms with van der Waals surface area (Å²) in [6.45, 7) is 0. The van der Waals surface area contributed by atoms with Gasteiger partial charge in [0.2, 0.25) is 0 Å². The molecule has 1 unspecified atom stereocenters. The summed E-state index contributed by atoms with van der Waals surface area (Å²) in [7, 11) is 4.74. The van der Waals surface area contributed by atoms with E-state index in [0.29, 0.717) is 21.6 Å². The van der Waals surface area contributed by atoms with Crippen LogP contribution in [0.3, 0.4) is 0 Å². The maximum Gasteiger partial charge on any atom is 0.164 e. The van der Waals surface area contributed by atoms with Crippen LogP contribution >= 0.6 is 50.5 Å². The van der Waals surface area contributed by atoms with Crippen molar-refractivity contribution < 1.29 is 14.2 Å². The molecule has 21 heavy (non-hydrogen) atoms. The van der Waals surface area contributed by atoms with Gasteiger partial charge in [-0.25, -0.2) is 0 Å². The summed E-state index contributed by atoms with van der Waals surface area (Å²) in [5.74, 6) is 1.82. The fraction of sp³-hybridized carbons (Fsp3) is 0.286. The van der Waals surface area contributed by atoms with E-state index in [1.807, 2.05) is 12.1 Å². The zero-order chi connectivity index (χ0) is 15.6. The Morgan fingerprint density at radius 2 is 1.57 bits per heavy atom. The molecule has 7 heteroatoms. The maximum absolute atomic E-state index is 6.58. The minimum Gasteiger partial charge on any atom is -0.496 e. The largest absolute Gasteiger partial charge is 0.496 e. The number of thiophene rings is 1. The van der Waals surface area contributed by atoms with Gasteiger partial charge in [0, 0.05) is 21.0 Å². The molecule has 1 atom stereocenters. The predicted octanol–water partition coefficient (Wildman–Crippen LogP) is 5.52. The summed E-state index contributed by atoms with van der Waals surface area (Å²) in [6.07, 6.45) is 0. The van der Waals surface area contributed by atoms with E-state index >= 15 is 0 Å². The van der Waals surface area contributed by atoms with E-state index in [4.69, 9.17) is 37.4 Å². The van der Waals surface area contributed by atoms with Crippen molar-refractivity contribution in [3.05, 3.63) is 37.4 Å². The second-order valence-electron chi connectivity index (χ2n) is 4.08. The smallest absolute Gasteiger partial charge is 0.164 e. The fourth-order valence-corrected chi connectivity index (χ4v) is 3.99. The fourth-order valence-electron chi connectivity index (χ4n) is 1.89. The van der Waals surface area contributed by atoms with E-state index in [-0.39, 0.29) is 0 Å². The third-order valence-corrected chi connectivity index (χ3v) is 6.06. The summed E-state index contributed by atoms with van der Waals surface area (Å²) in [6, 6.07) is 5.48. The van der Waals surface area contributed by atoms with E-state index < -0.39 is 5.38 Å². The molecule has 0 amide bonds. The second-order valence-corrected chi connectivity index (χ2v) is 7.06. The Morgan fingerprint density at radius 3 is 2.05 bits per heavy atom. The lowest BCUT2D eigenvalue weighted by Gasteiger charge is -2.16. The summed E-state index contributed by atoms with van der Waals surface area (Å²) in [4.78, 5) is 0.916. The van der Waals surface area contributed by atoms with Crippen LogP contribution in [0.2, 0.25) is 4.34 Å². The number of ether oxygens (including phenoxy) is 3. The van der Waals surface area contributed by atoms with Gasteiger partial charge in [-0.2, -0.15) is 0 Å². The SMILES string of the molecule is COc1cc(OC)c(C(Cl)c2cc(Br)c(Cl)s2)cc1OC. The van der Waals surface area contributed by atoms with Crippen LogP contribution in [0.25, 0.3) is 0 Å². The lowest BCUT2D eigenvalue weighted by molar-refractivity contribution is 0.347. The Kier molecular flexibility index (Phi) is 5.66. The molecule has 0 aliphatic rings. The Morgan fingerprint density at radius 1 is 1.00 bits per heavy atom. The zero-order valence-corrected chi connectivity index (χ0v) is 15.5. The maximum atomic E-state index is 6.58. The van der Waals surface area contributed by atoms with Crippen molar-refractivity contribution in [1.29, 1.82) is 0 Å². The Bertz CT molecular complexity index is 626. The van der Waals surface area contributed by atoms with Crippen LogP contribution in [0.15, 0.2) is 22.7 Å². The van der Waals surface area contributed by atoms with E-state index in [1.54, 1.807) is 27.4 Å². The van der Waals surface area contributed by atoms with Gasteiger partial charge in [0.15, 0.2) is 11.5 Å². The molecule has 2 rings (SSSR count). The van der Waals surface area contributed by atoms with Crippen LogP contribution in [0, 0.1) is 0 Å². The predicted molar refractivity (Wildman–Crippen MR) is 90.8 cm³/mol. The molecule has 2 aromatic rings. The molecule has 0 aliphatic heterocycles. The van der Waals surface area contributed by atoms with Gasteiger partial charge < -0.3 is 14.2 Å². The molecular formula is C14H13BrCl2O3S. The van der Waals surface area contributed by atoms with Crippen molar-refractivity contribution in [3.63, 3.8) is 0 Å². The zero-order valence-electron chi connectivity index (χ0n) is 11.6. The van der Waals surface area contributed by atoms with Crippen LogP contribution in [0.4, 0.5) is 0 Å². The van der Waals surface area contributed by atoms with Crippen molar-refractivity contribution in [1.82, 2.24) is 0 Å². The molecule has 1 heterocycles. The molecule has 114 valence electrons. The molecule has 1 aromatic heterocycles. The average molecular weight is 412 g/mol. The topological polar surface area (TPSA) is 27.7 Å². The number of methoxy groups -OCH3 is 3. The minimum atomic E-state index is -0.395. The number of hydrogen-bond donors (Lipinski definition) is 0. The van der Waals surface area contributed by atoms with Gasteiger partial charge in [-0.1, -0.05) is 11.6 Å². The van der Waals surface area contributed by atoms with Gasteiger partial charge in [0.25, 0.3) is 0 Å². The molecule has 0 bridgehead atoms. The summed E-state index contributed by atoms with van der Waals surface area (Å²) < 4.78 is 17.5. The summed E-state index contributed by atoms with van der Waals surface area (Å²) in [5.41, 5.74) is 0.794. The van der Waals surface area contributed by atoms with Crippen LogP contribution in [-0.4, -0.2) is 21.3 Å². The third kappa shape index (κ3) is 3.42. The number of halogens is 3. The number of benzene rings is 1. The van der Waals surface area contributed by atoms with Crippen molar-refractivity contribution >= 4 is 50.5 Å². The molecule has 0 saturated heterocycles. The first-order chi connectivity index (χ1) is 10.0. The highest BCUT2D eigenvalue weighted by atomic mass is 79.9. The van der Waals surface area contributed by atoms with Crippen molar-refractivity contribution in [2.75, 3.05) is 21.3 Å². The quantitative estimate of drug-likeness (QED) is 0.606. The molecular weight excluding hydrogens is 399 g/mol. The number of rotatable bonds is 5. The molecule has 1 aromatic carbocycles. The average Bonchev–Trinajstić information content (AvgIpc) is 2.84. The van der Waals surface area contributed by atoms with Gasteiger partial charge in [-0.3, -0.25) is 0 Å². The van der Waals surface area contributed by atoms with Crippen molar-refractivity contribution in [3.8, 4) is 17.2 Å². The van der Waals surface area contributed by atoms with E-state index in [9.17, 15) is 0 Å². The molecule has 0 saturated carbocycles. The third-order valence-electron chi connectivity index (χ3n) is 2.92. The van der Waals surface area contributed by atoms with E-state index in [2.05, 4.69) is 15.9 Å². The Labute approximate surface area is 145 Å². The summed E-state index contributed by atoms with van der Waals surface area (Å²) in [5, 5.41) is -0.395. The van der Waals surface area contributed by atoms with Crippen molar-refractivity contribution in [2.24, 2.45) is 0 Å². The molecule has 3 nitrogen and oxygen atoms in total.